The molecule has 2 N–H and O–H groups in total. The largest absolute Gasteiger partial charge is 0.507 e. The lowest BCUT2D eigenvalue weighted by molar-refractivity contribution is 0.0693. The Labute approximate surface area is 118 Å². The van der Waals surface area contributed by atoms with E-state index in [0.717, 1.165) is 11.1 Å². The number of carboxylic acid groups (broad SMARTS) is 1. The molecule has 0 bridgehead atoms. The average Bonchev–Trinajstić information content (AvgIpc) is 2.42. The van der Waals surface area contributed by atoms with Gasteiger partial charge in [-0.15, -0.1) is 0 Å². The van der Waals surface area contributed by atoms with E-state index < -0.39 is 5.97 Å². The molecule has 0 heterocycles. The van der Waals surface area contributed by atoms with Crippen molar-refractivity contribution in [1.29, 1.82) is 0 Å². The lowest BCUT2D eigenvalue weighted by atomic mass is 9.77. The number of hydrogen-bond acceptors (Lipinski definition) is 2. The highest BCUT2D eigenvalue weighted by Gasteiger charge is 2.26. The lowest BCUT2D eigenvalue weighted by Crippen LogP contribution is -2.19. The molecule has 2 rings (SSSR count). The minimum Gasteiger partial charge on any atom is -0.507 e. The highest BCUT2D eigenvalue weighted by molar-refractivity contribution is 5.91. The van der Waals surface area contributed by atoms with Crippen molar-refractivity contribution in [3.05, 3.63) is 64.7 Å². The van der Waals surface area contributed by atoms with Crippen LogP contribution >= 0.6 is 0 Å². The number of aromatic carboxylic acids is 1. The van der Waals surface area contributed by atoms with Crippen molar-refractivity contribution in [2.75, 3.05) is 0 Å². The van der Waals surface area contributed by atoms with Crippen molar-refractivity contribution >= 4 is 5.97 Å². The van der Waals surface area contributed by atoms with E-state index >= 15 is 0 Å². The molecule has 0 amide bonds. The molecule has 0 saturated carbocycles. The van der Waals surface area contributed by atoms with E-state index in [1.807, 2.05) is 50.2 Å². The van der Waals surface area contributed by atoms with Gasteiger partial charge in [0.1, 0.15) is 11.3 Å². The molecule has 2 aromatic carbocycles. The topological polar surface area (TPSA) is 57.5 Å². The zero-order valence-corrected chi connectivity index (χ0v) is 11.8. The maximum Gasteiger partial charge on any atom is 0.339 e. The summed E-state index contributed by atoms with van der Waals surface area (Å²) in [5.74, 6) is -1.28. The van der Waals surface area contributed by atoms with Crippen molar-refractivity contribution in [2.45, 2.75) is 26.2 Å². The first kappa shape index (κ1) is 14.1. The van der Waals surface area contributed by atoms with Crippen molar-refractivity contribution in [2.24, 2.45) is 0 Å². The van der Waals surface area contributed by atoms with Crippen molar-refractivity contribution in [1.82, 2.24) is 0 Å². The van der Waals surface area contributed by atoms with Gasteiger partial charge >= 0.3 is 5.97 Å². The van der Waals surface area contributed by atoms with Gasteiger partial charge in [0, 0.05) is 5.41 Å². The Morgan fingerprint density at radius 1 is 1.05 bits per heavy atom. The molecule has 0 aromatic heterocycles. The molecule has 0 aliphatic carbocycles. The maximum atomic E-state index is 11.2. The highest BCUT2D eigenvalue weighted by atomic mass is 16.4. The van der Waals surface area contributed by atoms with Gasteiger partial charge in [-0.2, -0.15) is 0 Å². The first-order chi connectivity index (χ1) is 9.34. The maximum absolute atomic E-state index is 11.2. The van der Waals surface area contributed by atoms with Crippen LogP contribution in [-0.4, -0.2) is 16.2 Å². The highest BCUT2D eigenvalue weighted by Crippen LogP contribution is 2.35. The Bertz CT molecular complexity index is 643. The number of aromatic hydroxyl groups is 1. The molecule has 0 fully saturated rings. The van der Waals surface area contributed by atoms with Crippen LogP contribution in [0.15, 0.2) is 42.5 Å². The van der Waals surface area contributed by atoms with Crippen LogP contribution in [0.1, 0.15) is 40.9 Å². The number of carbonyl (C=O) groups is 1. The molecule has 104 valence electrons. The standard InChI is InChI=1S/C17H18O3/c1-11-9-13(10-14(15(11)18)16(19)20)17(2,3)12-7-5-4-6-8-12/h4-10,18H,1-3H3,(H,19,20). The third kappa shape index (κ3) is 2.39. The molecular formula is C17H18O3. The smallest absolute Gasteiger partial charge is 0.339 e. The van der Waals surface area contributed by atoms with E-state index in [9.17, 15) is 15.0 Å². The first-order valence-electron chi connectivity index (χ1n) is 6.47. The van der Waals surface area contributed by atoms with Gasteiger partial charge in [0.25, 0.3) is 0 Å². The molecule has 3 heteroatoms. The van der Waals surface area contributed by atoms with E-state index in [4.69, 9.17) is 0 Å². The van der Waals surface area contributed by atoms with Gasteiger partial charge in [0.15, 0.2) is 0 Å². The van der Waals surface area contributed by atoms with E-state index in [-0.39, 0.29) is 16.7 Å². The minimum atomic E-state index is -1.11. The second-order valence-electron chi connectivity index (χ2n) is 5.49. The summed E-state index contributed by atoms with van der Waals surface area (Å²) in [6.07, 6.45) is 0. The number of benzene rings is 2. The van der Waals surface area contributed by atoms with Gasteiger partial charge in [-0.3, -0.25) is 0 Å². The summed E-state index contributed by atoms with van der Waals surface area (Å²) in [5, 5.41) is 19.0. The summed E-state index contributed by atoms with van der Waals surface area (Å²) < 4.78 is 0. The van der Waals surface area contributed by atoms with Gasteiger partial charge in [-0.05, 0) is 29.7 Å². The Morgan fingerprint density at radius 2 is 1.65 bits per heavy atom. The van der Waals surface area contributed by atoms with Crippen LogP contribution in [-0.2, 0) is 5.41 Å². The number of hydrogen-bond donors (Lipinski definition) is 2. The van der Waals surface area contributed by atoms with Crippen LogP contribution in [0, 0.1) is 6.92 Å². The van der Waals surface area contributed by atoms with Crippen molar-refractivity contribution < 1.29 is 15.0 Å². The predicted octanol–water partition coefficient (Wildman–Crippen LogP) is 3.72. The molecule has 3 nitrogen and oxygen atoms in total. The van der Waals surface area contributed by atoms with Crippen LogP contribution in [0.4, 0.5) is 0 Å². The van der Waals surface area contributed by atoms with Gasteiger partial charge < -0.3 is 10.2 Å². The Morgan fingerprint density at radius 3 is 2.20 bits per heavy atom. The zero-order valence-electron chi connectivity index (χ0n) is 11.8. The molecule has 0 unspecified atom stereocenters. The second-order valence-corrected chi connectivity index (χ2v) is 5.49. The van der Waals surface area contributed by atoms with Crippen LogP contribution in [0.3, 0.4) is 0 Å². The number of rotatable bonds is 3. The molecule has 0 saturated heterocycles. The fourth-order valence-corrected chi connectivity index (χ4v) is 2.32. The van der Waals surface area contributed by atoms with Gasteiger partial charge in [-0.1, -0.05) is 50.2 Å². The first-order valence-corrected chi connectivity index (χ1v) is 6.47. The summed E-state index contributed by atoms with van der Waals surface area (Å²) >= 11 is 0. The number of phenols is 1. The molecular weight excluding hydrogens is 252 g/mol. The zero-order chi connectivity index (χ0) is 14.9. The molecule has 0 aliphatic heterocycles. The average molecular weight is 270 g/mol. The monoisotopic (exact) mass is 270 g/mol. The van der Waals surface area contributed by atoms with E-state index in [0.29, 0.717) is 5.56 Å². The summed E-state index contributed by atoms with van der Waals surface area (Å²) in [4.78, 5) is 11.2. The van der Waals surface area contributed by atoms with Gasteiger partial charge in [0.05, 0.1) is 0 Å². The second kappa shape index (κ2) is 5.00. The number of aryl methyl sites for hydroxylation is 1. The lowest BCUT2D eigenvalue weighted by Gasteiger charge is -2.27. The molecule has 0 aliphatic rings. The van der Waals surface area contributed by atoms with Gasteiger partial charge in [0.2, 0.25) is 0 Å². The minimum absolute atomic E-state index is 0.0518. The summed E-state index contributed by atoms with van der Waals surface area (Å²) in [7, 11) is 0. The van der Waals surface area contributed by atoms with E-state index in [1.54, 1.807) is 13.0 Å². The number of carboxylic acids is 1. The summed E-state index contributed by atoms with van der Waals surface area (Å²) in [5.41, 5.74) is 2.16. The van der Waals surface area contributed by atoms with E-state index in [1.165, 1.54) is 0 Å². The molecule has 2 aromatic rings. The Kier molecular flexibility index (Phi) is 3.53. The Balaban J connectivity index is 2.61. The Hall–Kier alpha value is -2.29. The fourth-order valence-electron chi connectivity index (χ4n) is 2.32. The van der Waals surface area contributed by atoms with E-state index in [2.05, 4.69) is 0 Å². The van der Waals surface area contributed by atoms with Gasteiger partial charge in [-0.25, -0.2) is 4.79 Å². The molecule has 0 radical (unpaired) electrons. The van der Waals surface area contributed by atoms with Crippen LogP contribution in [0.2, 0.25) is 0 Å². The normalized spacial score (nSPS) is 11.3. The SMILES string of the molecule is Cc1cc(C(C)(C)c2ccccc2)cc(C(=O)O)c1O. The van der Waals surface area contributed by atoms with Crippen LogP contribution in [0.25, 0.3) is 0 Å². The van der Waals surface area contributed by atoms with Crippen LogP contribution < -0.4 is 0 Å². The van der Waals surface area contributed by atoms with Crippen molar-refractivity contribution in [3.8, 4) is 5.75 Å². The fraction of sp³-hybridized carbons (Fsp3) is 0.235. The molecule has 0 spiro atoms. The summed E-state index contributed by atoms with van der Waals surface area (Å²) in [6.45, 7) is 5.80. The quantitative estimate of drug-likeness (QED) is 0.893. The molecule has 20 heavy (non-hydrogen) atoms. The third-order valence-corrected chi connectivity index (χ3v) is 3.75. The van der Waals surface area contributed by atoms with Crippen molar-refractivity contribution in [3.63, 3.8) is 0 Å². The third-order valence-electron chi connectivity index (χ3n) is 3.75. The van der Waals surface area contributed by atoms with Crippen LogP contribution in [0.5, 0.6) is 5.75 Å². The molecule has 0 atom stereocenters. The predicted molar refractivity (Wildman–Crippen MR) is 78.4 cm³/mol. The summed E-state index contributed by atoms with van der Waals surface area (Å²) in [6, 6.07) is 13.3.